The van der Waals surface area contributed by atoms with E-state index in [0.717, 1.165) is 34.1 Å². The topological polar surface area (TPSA) is 26.3 Å². The summed E-state index contributed by atoms with van der Waals surface area (Å²) < 4.78 is 4.95. The molecule has 0 saturated heterocycles. The number of aryl methyl sites for hydroxylation is 1. The van der Waals surface area contributed by atoms with Crippen LogP contribution in [0.15, 0.2) is 53.4 Å². The smallest absolute Gasteiger partial charge is 0.310 e. The van der Waals surface area contributed by atoms with Gasteiger partial charge in [0.25, 0.3) is 0 Å². The average Bonchev–Trinajstić information content (AvgIpc) is 2.55. The number of thioether (sulfide) groups is 1. The summed E-state index contributed by atoms with van der Waals surface area (Å²) in [7, 11) is 0. The number of hydrogen-bond donors (Lipinski definition) is 0. The Morgan fingerprint density at radius 2 is 1.78 bits per heavy atom. The number of carbonyl (C=O) groups is 1. The average molecular weight is 349 g/mol. The number of halogens is 1. The molecule has 2 rings (SSSR count). The Hall–Kier alpha value is -1.45. The molecular weight excluding hydrogens is 328 g/mol. The van der Waals surface area contributed by atoms with Gasteiger partial charge in [-0.15, -0.1) is 11.8 Å². The third kappa shape index (κ3) is 6.28. The van der Waals surface area contributed by atoms with Crippen LogP contribution in [0.5, 0.6) is 0 Å². The van der Waals surface area contributed by atoms with Gasteiger partial charge in [-0.25, -0.2) is 0 Å². The summed E-state index contributed by atoms with van der Waals surface area (Å²) in [6, 6.07) is 16.1. The maximum atomic E-state index is 11.4. The number of carbonyl (C=O) groups excluding carboxylic acids is 1. The fraction of sp³-hybridized carbons (Fsp3) is 0.316. The third-order valence-electron chi connectivity index (χ3n) is 3.38. The molecular formula is C19H21ClO2S. The fourth-order valence-corrected chi connectivity index (χ4v) is 3.41. The van der Waals surface area contributed by atoms with Crippen LogP contribution in [0.4, 0.5) is 0 Å². The van der Waals surface area contributed by atoms with E-state index in [1.165, 1.54) is 5.56 Å². The van der Waals surface area contributed by atoms with Crippen molar-refractivity contribution in [2.75, 3.05) is 12.4 Å². The van der Waals surface area contributed by atoms with Crippen LogP contribution in [0.1, 0.15) is 24.5 Å². The van der Waals surface area contributed by atoms with E-state index in [4.69, 9.17) is 16.3 Å². The molecule has 0 aliphatic carbocycles. The SMILES string of the molecule is CCOC(=O)Cc1ccc(CCCSc2ccccc2Cl)cc1. The zero-order chi connectivity index (χ0) is 16.5. The first kappa shape index (κ1) is 17.9. The van der Waals surface area contributed by atoms with Crippen molar-refractivity contribution in [1.29, 1.82) is 0 Å². The zero-order valence-corrected chi connectivity index (χ0v) is 14.8. The lowest BCUT2D eigenvalue weighted by Crippen LogP contribution is -2.07. The molecule has 4 heteroatoms. The fourth-order valence-electron chi connectivity index (χ4n) is 2.22. The van der Waals surface area contributed by atoms with Gasteiger partial charge in [0, 0.05) is 4.90 Å². The van der Waals surface area contributed by atoms with E-state index in [1.807, 2.05) is 37.3 Å². The Morgan fingerprint density at radius 1 is 1.09 bits per heavy atom. The van der Waals surface area contributed by atoms with Crippen molar-refractivity contribution in [2.24, 2.45) is 0 Å². The molecule has 0 saturated carbocycles. The second-order valence-electron chi connectivity index (χ2n) is 5.18. The van der Waals surface area contributed by atoms with Gasteiger partial charge in [-0.1, -0.05) is 48.0 Å². The lowest BCUT2D eigenvalue weighted by atomic mass is 10.1. The summed E-state index contributed by atoms with van der Waals surface area (Å²) in [5, 5.41) is 0.820. The van der Waals surface area contributed by atoms with Crippen LogP contribution in [-0.2, 0) is 22.4 Å². The Kier molecular flexibility index (Phi) is 7.50. The van der Waals surface area contributed by atoms with Crippen LogP contribution in [0.2, 0.25) is 5.02 Å². The first-order valence-corrected chi connectivity index (χ1v) is 9.16. The van der Waals surface area contributed by atoms with Crippen molar-refractivity contribution < 1.29 is 9.53 Å². The number of hydrogen-bond acceptors (Lipinski definition) is 3. The molecule has 2 aromatic rings. The number of esters is 1. The summed E-state index contributed by atoms with van der Waals surface area (Å²) in [4.78, 5) is 12.6. The second kappa shape index (κ2) is 9.64. The van der Waals surface area contributed by atoms with Crippen molar-refractivity contribution in [1.82, 2.24) is 0 Å². The maximum Gasteiger partial charge on any atom is 0.310 e. The minimum atomic E-state index is -0.170. The van der Waals surface area contributed by atoms with E-state index in [0.29, 0.717) is 13.0 Å². The third-order valence-corrected chi connectivity index (χ3v) is 4.98. The summed E-state index contributed by atoms with van der Waals surface area (Å²) in [6.45, 7) is 2.25. The first-order valence-electron chi connectivity index (χ1n) is 7.80. The second-order valence-corrected chi connectivity index (χ2v) is 6.72. The van der Waals surface area contributed by atoms with Gasteiger partial charge in [-0.3, -0.25) is 4.79 Å². The normalized spacial score (nSPS) is 10.5. The van der Waals surface area contributed by atoms with E-state index in [1.54, 1.807) is 11.8 Å². The van der Waals surface area contributed by atoms with Crippen molar-refractivity contribution in [3.63, 3.8) is 0 Å². The van der Waals surface area contributed by atoms with Gasteiger partial charge in [-0.2, -0.15) is 0 Å². The monoisotopic (exact) mass is 348 g/mol. The first-order chi connectivity index (χ1) is 11.2. The summed E-state index contributed by atoms with van der Waals surface area (Å²) in [6.07, 6.45) is 2.46. The van der Waals surface area contributed by atoms with Gasteiger partial charge in [0.15, 0.2) is 0 Å². The highest BCUT2D eigenvalue weighted by molar-refractivity contribution is 7.99. The number of benzene rings is 2. The molecule has 2 aromatic carbocycles. The van der Waals surface area contributed by atoms with Crippen molar-refractivity contribution in [2.45, 2.75) is 31.1 Å². The predicted octanol–water partition coefficient (Wildman–Crippen LogP) is 5.17. The van der Waals surface area contributed by atoms with Crippen molar-refractivity contribution >= 4 is 29.3 Å². The summed E-state index contributed by atoms with van der Waals surface area (Å²) in [5.41, 5.74) is 2.29. The molecule has 0 amide bonds. The molecule has 122 valence electrons. The quantitative estimate of drug-likeness (QED) is 0.374. The van der Waals surface area contributed by atoms with Crippen molar-refractivity contribution in [3.05, 3.63) is 64.7 Å². The zero-order valence-electron chi connectivity index (χ0n) is 13.3. The van der Waals surface area contributed by atoms with Gasteiger partial charge in [0.1, 0.15) is 0 Å². The largest absolute Gasteiger partial charge is 0.466 e. The van der Waals surface area contributed by atoms with E-state index in [-0.39, 0.29) is 5.97 Å². The number of rotatable bonds is 8. The van der Waals surface area contributed by atoms with Crippen molar-refractivity contribution in [3.8, 4) is 0 Å². The molecule has 0 aliphatic heterocycles. The molecule has 23 heavy (non-hydrogen) atoms. The highest BCUT2D eigenvalue weighted by atomic mass is 35.5. The lowest BCUT2D eigenvalue weighted by Gasteiger charge is -2.06. The molecule has 0 aliphatic rings. The Bertz CT molecular complexity index is 626. The van der Waals surface area contributed by atoms with Crippen LogP contribution in [0.25, 0.3) is 0 Å². The molecule has 0 fully saturated rings. The Balaban J connectivity index is 1.74. The predicted molar refractivity (Wildman–Crippen MR) is 97.3 cm³/mol. The lowest BCUT2D eigenvalue weighted by molar-refractivity contribution is -0.142. The molecule has 0 radical (unpaired) electrons. The molecule has 0 aromatic heterocycles. The molecule has 0 heterocycles. The number of ether oxygens (including phenoxy) is 1. The molecule has 0 atom stereocenters. The molecule has 0 unspecified atom stereocenters. The highest BCUT2D eigenvalue weighted by Crippen LogP contribution is 2.27. The van der Waals surface area contributed by atoms with Crippen LogP contribution >= 0.6 is 23.4 Å². The summed E-state index contributed by atoms with van der Waals surface area (Å²) in [5.74, 6) is 0.866. The summed E-state index contributed by atoms with van der Waals surface area (Å²) >= 11 is 7.93. The highest BCUT2D eigenvalue weighted by Gasteiger charge is 2.04. The Labute approximate surface area is 147 Å². The minimum absolute atomic E-state index is 0.170. The van der Waals surface area contributed by atoms with Crippen LogP contribution in [0, 0.1) is 0 Å². The Morgan fingerprint density at radius 3 is 2.48 bits per heavy atom. The van der Waals surface area contributed by atoms with E-state index >= 15 is 0 Å². The minimum Gasteiger partial charge on any atom is -0.466 e. The van der Waals surface area contributed by atoms with Crippen LogP contribution in [-0.4, -0.2) is 18.3 Å². The molecule has 2 nitrogen and oxygen atoms in total. The van der Waals surface area contributed by atoms with E-state index < -0.39 is 0 Å². The molecule has 0 N–H and O–H groups in total. The van der Waals surface area contributed by atoms with Gasteiger partial charge < -0.3 is 4.74 Å². The van der Waals surface area contributed by atoms with E-state index in [2.05, 4.69) is 18.2 Å². The van der Waals surface area contributed by atoms with Gasteiger partial charge in [0.05, 0.1) is 18.1 Å². The van der Waals surface area contributed by atoms with Gasteiger partial charge >= 0.3 is 5.97 Å². The molecule has 0 spiro atoms. The van der Waals surface area contributed by atoms with E-state index in [9.17, 15) is 4.79 Å². The maximum absolute atomic E-state index is 11.4. The van der Waals surface area contributed by atoms with Gasteiger partial charge in [-0.05, 0) is 48.8 Å². The standard InChI is InChI=1S/C19H21ClO2S/c1-2-22-19(21)14-16-11-9-15(10-12-16)6-5-13-23-18-8-4-3-7-17(18)20/h3-4,7-12H,2,5-6,13-14H2,1H3. The van der Waals surface area contributed by atoms with Crippen LogP contribution < -0.4 is 0 Å². The molecule has 0 bridgehead atoms. The van der Waals surface area contributed by atoms with Gasteiger partial charge in [0.2, 0.25) is 0 Å². The van der Waals surface area contributed by atoms with Crippen LogP contribution in [0.3, 0.4) is 0 Å².